The molecule has 2 aromatic rings. The zero-order valence-corrected chi connectivity index (χ0v) is 17.1. The number of hydrazone groups is 1. The number of rotatable bonds is 5. The third kappa shape index (κ3) is 2.60. The normalized spacial score (nSPS) is 31.8. The van der Waals surface area contributed by atoms with E-state index < -0.39 is 4.92 Å². The number of nitrogens with zero attached hydrogens (tertiary/aromatic N) is 3. The van der Waals surface area contributed by atoms with Crippen LogP contribution < -0.4 is 4.74 Å². The Labute approximate surface area is 182 Å². The smallest absolute Gasteiger partial charge is 0.273 e. The van der Waals surface area contributed by atoms with Crippen LogP contribution in [0.2, 0.25) is 0 Å². The Hall–Kier alpha value is -3.75. The number of non-ortho nitro benzene ring substituents is 1. The number of carbonyl (C=O) groups excluding carboxylic acids is 2. The third-order valence-electron chi connectivity index (χ3n) is 7.23. The second-order valence-corrected chi connectivity index (χ2v) is 8.73. The van der Waals surface area contributed by atoms with Gasteiger partial charge in [-0.2, -0.15) is 10.1 Å². The van der Waals surface area contributed by atoms with E-state index in [1.54, 1.807) is 18.2 Å². The second kappa shape index (κ2) is 6.62. The first kappa shape index (κ1) is 19.0. The average Bonchev–Trinajstić information content (AvgIpc) is 3.44. The molecule has 5 aliphatic rings. The van der Waals surface area contributed by atoms with Crippen molar-refractivity contribution in [3.05, 3.63) is 58.4 Å². The molecule has 1 aromatic carbocycles. The van der Waals surface area contributed by atoms with Gasteiger partial charge in [0.2, 0.25) is 0 Å². The number of amides is 2. The van der Waals surface area contributed by atoms with Crippen LogP contribution in [-0.2, 0) is 9.59 Å². The number of hydrogen-bond donors (Lipinski definition) is 0. The van der Waals surface area contributed by atoms with E-state index in [0.717, 1.165) is 11.4 Å². The van der Waals surface area contributed by atoms with E-state index in [0.29, 0.717) is 34.7 Å². The predicted molar refractivity (Wildman–Crippen MR) is 111 cm³/mol. The van der Waals surface area contributed by atoms with Crippen LogP contribution in [0.1, 0.15) is 12.2 Å². The maximum absolute atomic E-state index is 13.0. The summed E-state index contributed by atoms with van der Waals surface area (Å²) in [6.07, 6.45) is 6.70. The van der Waals surface area contributed by atoms with Gasteiger partial charge in [-0.3, -0.25) is 19.7 Å². The van der Waals surface area contributed by atoms with Crippen molar-refractivity contribution in [1.82, 2.24) is 5.01 Å². The highest BCUT2D eigenvalue weighted by Crippen LogP contribution is 2.65. The summed E-state index contributed by atoms with van der Waals surface area (Å²) in [5.74, 6) is 1.39. The van der Waals surface area contributed by atoms with Gasteiger partial charge in [-0.1, -0.05) is 12.2 Å². The van der Waals surface area contributed by atoms with Crippen molar-refractivity contribution in [2.24, 2.45) is 40.6 Å². The van der Waals surface area contributed by atoms with Crippen molar-refractivity contribution >= 4 is 23.7 Å². The molecule has 9 heteroatoms. The first-order chi connectivity index (χ1) is 15.5. The lowest BCUT2D eigenvalue weighted by molar-refractivity contribution is -0.384. The van der Waals surface area contributed by atoms with Gasteiger partial charge in [0, 0.05) is 6.07 Å². The second-order valence-electron chi connectivity index (χ2n) is 8.73. The van der Waals surface area contributed by atoms with Crippen LogP contribution in [0.4, 0.5) is 5.69 Å². The molecule has 2 saturated carbocycles. The molecule has 0 spiro atoms. The van der Waals surface area contributed by atoms with E-state index in [1.165, 1.54) is 25.5 Å². The zero-order valence-electron chi connectivity index (χ0n) is 17.1. The number of methoxy groups -OCH3 is 1. The molecule has 4 aliphatic carbocycles. The summed E-state index contributed by atoms with van der Waals surface area (Å²) in [6, 6.07) is 7.56. The fourth-order valence-corrected chi connectivity index (χ4v) is 5.73. The number of hydrogen-bond acceptors (Lipinski definition) is 7. The van der Waals surface area contributed by atoms with Gasteiger partial charge in [0.15, 0.2) is 0 Å². The maximum Gasteiger partial charge on any atom is 0.273 e. The van der Waals surface area contributed by atoms with Crippen LogP contribution in [0.3, 0.4) is 0 Å². The topological polar surface area (TPSA) is 115 Å². The van der Waals surface area contributed by atoms with Crippen LogP contribution in [0.25, 0.3) is 11.3 Å². The number of allylic oxidation sites excluding steroid dienone is 2. The van der Waals surface area contributed by atoms with Gasteiger partial charge in [0.05, 0.1) is 41.7 Å². The molecule has 162 valence electrons. The molecule has 1 saturated heterocycles. The Morgan fingerprint density at radius 2 is 1.81 bits per heavy atom. The number of carbonyl (C=O) groups is 2. The largest absolute Gasteiger partial charge is 0.496 e. The number of nitro groups is 1. The van der Waals surface area contributed by atoms with Crippen LogP contribution in [-0.4, -0.2) is 35.1 Å². The molecule has 0 unspecified atom stereocenters. The minimum absolute atomic E-state index is 0.0902. The molecule has 9 nitrogen and oxygen atoms in total. The van der Waals surface area contributed by atoms with Crippen molar-refractivity contribution in [1.29, 1.82) is 0 Å². The van der Waals surface area contributed by atoms with Crippen molar-refractivity contribution in [3.8, 4) is 17.1 Å². The Balaban J connectivity index is 1.24. The number of benzene rings is 1. The third-order valence-corrected chi connectivity index (χ3v) is 7.23. The van der Waals surface area contributed by atoms with Crippen LogP contribution in [0.15, 0.2) is 52.0 Å². The first-order valence-electron chi connectivity index (χ1n) is 10.5. The Morgan fingerprint density at radius 3 is 2.44 bits per heavy atom. The van der Waals surface area contributed by atoms with Gasteiger partial charge >= 0.3 is 0 Å². The lowest BCUT2D eigenvalue weighted by atomic mass is 9.63. The summed E-state index contributed by atoms with van der Waals surface area (Å²) >= 11 is 0. The molecular weight excluding hydrogens is 414 g/mol. The molecule has 2 heterocycles. The highest BCUT2D eigenvalue weighted by atomic mass is 16.6. The van der Waals surface area contributed by atoms with Crippen molar-refractivity contribution in [2.45, 2.75) is 6.42 Å². The molecule has 1 aliphatic heterocycles. The molecule has 2 amide bonds. The number of furan rings is 1. The Kier molecular flexibility index (Phi) is 3.93. The summed E-state index contributed by atoms with van der Waals surface area (Å²) in [6.45, 7) is 0. The summed E-state index contributed by atoms with van der Waals surface area (Å²) < 4.78 is 11.0. The fraction of sp³-hybridized carbons (Fsp3) is 0.348. The van der Waals surface area contributed by atoms with Gasteiger partial charge in [-0.15, -0.1) is 0 Å². The van der Waals surface area contributed by atoms with Crippen molar-refractivity contribution < 1.29 is 23.7 Å². The SMILES string of the molecule is COc1cc([N+](=O)[O-])ccc1-c1ccc(C=NN2C(=O)[C@@H]3[C@H]4C=C[C@@H]([C@@H]5C[C@H]45)[C@@H]3C2=O)o1. The highest BCUT2D eigenvalue weighted by molar-refractivity contribution is 6.06. The van der Waals surface area contributed by atoms with Gasteiger partial charge in [-0.25, -0.2) is 0 Å². The molecule has 7 rings (SSSR count). The Bertz CT molecular complexity index is 1190. The van der Waals surface area contributed by atoms with E-state index in [1.807, 2.05) is 0 Å². The van der Waals surface area contributed by atoms with E-state index in [-0.39, 0.29) is 41.2 Å². The molecule has 0 radical (unpaired) electrons. The van der Waals surface area contributed by atoms with Crippen LogP contribution in [0.5, 0.6) is 5.75 Å². The predicted octanol–water partition coefficient (Wildman–Crippen LogP) is 3.25. The van der Waals surface area contributed by atoms with Crippen molar-refractivity contribution in [3.63, 3.8) is 0 Å². The standard InChI is InChI=1S/C23H19N3O6/c1-31-19-8-11(26(29)30)2-4-15(19)18-7-3-12(32-18)10-24-25-22(27)20-13-5-6-14(17-9-16(13)17)21(20)23(25)28/h2-8,10,13-14,16-17,20-21H,9H2,1H3/t13-,14-,16-,17+,20-,21+/m0/s1. The molecule has 32 heavy (non-hydrogen) atoms. The van der Waals surface area contributed by atoms with E-state index in [2.05, 4.69) is 17.3 Å². The Morgan fingerprint density at radius 1 is 1.12 bits per heavy atom. The van der Waals surface area contributed by atoms with Gasteiger partial charge < -0.3 is 9.15 Å². The molecule has 1 aromatic heterocycles. The minimum Gasteiger partial charge on any atom is -0.496 e. The maximum atomic E-state index is 13.0. The highest BCUT2D eigenvalue weighted by Gasteiger charge is 2.67. The molecular formula is C23H19N3O6. The molecule has 6 atom stereocenters. The number of imide groups is 1. The quantitative estimate of drug-likeness (QED) is 0.235. The van der Waals surface area contributed by atoms with E-state index >= 15 is 0 Å². The lowest BCUT2D eigenvalue weighted by Gasteiger charge is -2.37. The monoisotopic (exact) mass is 433 g/mol. The minimum atomic E-state index is -0.501. The first-order valence-corrected chi connectivity index (χ1v) is 10.5. The molecule has 2 bridgehead atoms. The van der Waals surface area contributed by atoms with E-state index in [9.17, 15) is 19.7 Å². The van der Waals surface area contributed by atoms with Gasteiger partial charge in [0.1, 0.15) is 17.3 Å². The number of nitro benzene ring substituents is 1. The molecule has 0 N–H and O–H groups in total. The van der Waals surface area contributed by atoms with Gasteiger partial charge in [-0.05, 0) is 48.3 Å². The summed E-state index contributed by atoms with van der Waals surface area (Å²) in [7, 11) is 1.42. The summed E-state index contributed by atoms with van der Waals surface area (Å²) in [5, 5.41) is 16.2. The number of ether oxygens (including phenoxy) is 1. The zero-order chi connectivity index (χ0) is 22.1. The summed E-state index contributed by atoms with van der Waals surface area (Å²) in [4.78, 5) is 36.4. The fourth-order valence-electron chi connectivity index (χ4n) is 5.73. The van der Waals surface area contributed by atoms with Crippen LogP contribution in [0, 0.1) is 45.6 Å². The van der Waals surface area contributed by atoms with E-state index in [4.69, 9.17) is 9.15 Å². The average molecular weight is 433 g/mol. The summed E-state index contributed by atoms with van der Waals surface area (Å²) in [5.41, 5.74) is 0.450. The molecule has 3 fully saturated rings. The van der Waals surface area contributed by atoms with Crippen molar-refractivity contribution in [2.75, 3.05) is 7.11 Å². The van der Waals surface area contributed by atoms with Gasteiger partial charge in [0.25, 0.3) is 17.5 Å². The van der Waals surface area contributed by atoms with Crippen LogP contribution >= 0.6 is 0 Å². The lowest BCUT2D eigenvalue weighted by Crippen LogP contribution is -2.40.